The van der Waals surface area contributed by atoms with Crippen LogP contribution in [0.1, 0.15) is 44.9 Å². The van der Waals surface area contributed by atoms with Crippen LogP contribution in [0.5, 0.6) is 0 Å². The van der Waals surface area contributed by atoms with Crippen LogP contribution < -0.4 is 4.90 Å². The summed E-state index contributed by atoms with van der Waals surface area (Å²) in [6.07, 6.45) is 5.74. The highest BCUT2D eigenvalue weighted by Crippen LogP contribution is 2.31. The fraction of sp³-hybridized carbons (Fsp3) is 0.643. The summed E-state index contributed by atoms with van der Waals surface area (Å²) in [5.41, 5.74) is 1.25. The van der Waals surface area contributed by atoms with E-state index in [9.17, 15) is 9.90 Å². The maximum Gasteiger partial charge on any atom is 0.328 e. The van der Waals surface area contributed by atoms with Gasteiger partial charge in [-0.3, -0.25) is 0 Å². The number of aliphatic carboxylic acids is 1. The SMILES string of the molecule is CCN(c1ncnc2c1CCCC2)C(C)(C)C(=O)O. The minimum atomic E-state index is -0.964. The molecule has 5 heteroatoms. The number of hydrogen-bond donors (Lipinski definition) is 1. The Hall–Kier alpha value is -1.65. The fourth-order valence-corrected chi connectivity index (χ4v) is 2.66. The van der Waals surface area contributed by atoms with Gasteiger partial charge in [-0.15, -0.1) is 0 Å². The van der Waals surface area contributed by atoms with E-state index in [0.29, 0.717) is 6.54 Å². The van der Waals surface area contributed by atoms with Crippen LogP contribution in [-0.4, -0.2) is 33.1 Å². The van der Waals surface area contributed by atoms with Crippen LogP contribution in [0.25, 0.3) is 0 Å². The number of anilines is 1. The first kappa shape index (κ1) is 13.8. The normalized spacial score (nSPS) is 14.9. The topological polar surface area (TPSA) is 66.3 Å². The van der Waals surface area contributed by atoms with Gasteiger partial charge in [-0.2, -0.15) is 0 Å². The first-order valence-corrected chi connectivity index (χ1v) is 6.82. The van der Waals surface area contributed by atoms with Crippen LogP contribution in [-0.2, 0) is 17.6 Å². The molecule has 1 aromatic rings. The predicted octanol–water partition coefficient (Wildman–Crippen LogP) is 2.04. The third kappa shape index (κ3) is 2.41. The van der Waals surface area contributed by atoms with Gasteiger partial charge in [0.1, 0.15) is 17.7 Å². The van der Waals surface area contributed by atoms with E-state index in [1.165, 1.54) is 0 Å². The summed E-state index contributed by atoms with van der Waals surface area (Å²) in [6.45, 7) is 6.01. The quantitative estimate of drug-likeness (QED) is 0.900. The predicted molar refractivity (Wildman–Crippen MR) is 73.4 cm³/mol. The van der Waals surface area contributed by atoms with E-state index in [0.717, 1.165) is 42.8 Å². The minimum absolute atomic E-state index is 0.614. The van der Waals surface area contributed by atoms with Gasteiger partial charge in [-0.25, -0.2) is 14.8 Å². The van der Waals surface area contributed by atoms with Gasteiger partial charge in [0.25, 0.3) is 0 Å². The molecule has 0 saturated heterocycles. The molecule has 19 heavy (non-hydrogen) atoms. The van der Waals surface area contributed by atoms with E-state index in [-0.39, 0.29) is 0 Å². The Labute approximate surface area is 113 Å². The number of likely N-dealkylation sites (N-methyl/N-ethyl adjacent to an activating group) is 1. The lowest BCUT2D eigenvalue weighted by atomic mass is 9.94. The Morgan fingerprint density at radius 3 is 2.68 bits per heavy atom. The van der Waals surface area contributed by atoms with Crippen molar-refractivity contribution in [3.05, 3.63) is 17.6 Å². The number of aryl methyl sites for hydroxylation is 1. The molecule has 1 N–H and O–H groups in total. The molecule has 1 heterocycles. The highest BCUT2D eigenvalue weighted by atomic mass is 16.4. The Bertz CT molecular complexity index is 486. The maximum absolute atomic E-state index is 11.5. The monoisotopic (exact) mass is 263 g/mol. The van der Waals surface area contributed by atoms with E-state index in [4.69, 9.17) is 0 Å². The lowest BCUT2D eigenvalue weighted by Crippen LogP contribution is -2.51. The largest absolute Gasteiger partial charge is 0.480 e. The average Bonchev–Trinajstić information content (AvgIpc) is 2.39. The first-order valence-electron chi connectivity index (χ1n) is 6.82. The summed E-state index contributed by atoms with van der Waals surface area (Å²) >= 11 is 0. The van der Waals surface area contributed by atoms with Crippen LogP contribution in [0.2, 0.25) is 0 Å². The summed E-state index contributed by atoms with van der Waals surface area (Å²) in [7, 11) is 0. The van der Waals surface area contributed by atoms with Gasteiger partial charge in [0.2, 0.25) is 0 Å². The summed E-state index contributed by atoms with van der Waals surface area (Å²) in [4.78, 5) is 22.0. The second kappa shape index (κ2) is 5.15. The van der Waals surface area contributed by atoms with Gasteiger partial charge in [-0.1, -0.05) is 0 Å². The molecule has 0 amide bonds. The molecule has 1 aliphatic rings. The van der Waals surface area contributed by atoms with Crippen molar-refractivity contribution in [1.29, 1.82) is 0 Å². The number of carboxylic acids is 1. The van der Waals surface area contributed by atoms with Crippen molar-refractivity contribution < 1.29 is 9.90 Å². The van der Waals surface area contributed by atoms with Crippen molar-refractivity contribution in [1.82, 2.24) is 9.97 Å². The van der Waals surface area contributed by atoms with E-state index < -0.39 is 11.5 Å². The summed E-state index contributed by atoms with van der Waals surface area (Å²) in [5, 5.41) is 9.42. The molecule has 0 unspecified atom stereocenters. The van der Waals surface area contributed by atoms with Crippen LogP contribution in [0.4, 0.5) is 5.82 Å². The van der Waals surface area contributed by atoms with Crippen LogP contribution in [0.15, 0.2) is 6.33 Å². The lowest BCUT2D eigenvalue weighted by molar-refractivity contribution is -0.142. The van der Waals surface area contributed by atoms with Crippen LogP contribution in [0.3, 0.4) is 0 Å². The molecule has 0 atom stereocenters. The van der Waals surface area contributed by atoms with Gasteiger partial charge in [0.15, 0.2) is 0 Å². The fourth-order valence-electron chi connectivity index (χ4n) is 2.66. The van der Waals surface area contributed by atoms with Crippen LogP contribution >= 0.6 is 0 Å². The highest BCUT2D eigenvalue weighted by Gasteiger charge is 2.36. The summed E-state index contributed by atoms with van der Waals surface area (Å²) in [6, 6.07) is 0. The van der Waals surface area contributed by atoms with Gasteiger partial charge in [0, 0.05) is 17.8 Å². The molecule has 0 fully saturated rings. The number of carboxylic acid groups (broad SMARTS) is 1. The molecule has 5 nitrogen and oxygen atoms in total. The van der Waals surface area contributed by atoms with Gasteiger partial charge in [0.05, 0.1) is 0 Å². The average molecular weight is 263 g/mol. The van der Waals surface area contributed by atoms with Gasteiger partial charge >= 0.3 is 5.97 Å². The van der Waals surface area contributed by atoms with Crippen molar-refractivity contribution in [2.45, 2.75) is 52.0 Å². The molecule has 0 bridgehead atoms. The third-order valence-electron chi connectivity index (χ3n) is 3.87. The second-order valence-electron chi connectivity index (χ2n) is 5.44. The molecule has 2 rings (SSSR count). The Kier molecular flexibility index (Phi) is 3.73. The maximum atomic E-state index is 11.5. The molecular weight excluding hydrogens is 242 g/mol. The van der Waals surface area contributed by atoms with Crippen molar-refractivity contribution in [2.24, 2.45) is 0 Å². The zero-order chi connectivity index (χ0) is 14.0. The molecule has 0 saturated carbocycles. The van der Waals surface area contributed by atoms with E-state index in [1.54, 1.807) is 20.2 Å². The molecule has 0 aliphatic heterocycles. The van der Waals surface area contributed by atoms with E-state index in [1.807, 2.05) is 11.8 Å². The lowest BCUT2D eigenvalue weighted by Gasteiger charge is -2.37. The standard InChI is InChI=1S/C14H21N3O2/c1-4-17(14(2,3)13(18)19)12-10-7-5-6-8-11(10)15-9-16-12/h9H,4-8H2,1-3H3,(H,18,19). The third-order valence-corrected chi connectivity index (χ3v) is 3.87. The number of nitrogens with zero attached hydrogens (tertiary/aromatic N) is 3. The second-order valence-corrected chi connectivity index (χ2v) is 5.44. The van der Waals surface area contributed by atoms with Crippen molar-refractivity contribution in [3.63, 3.8) is 0 Å². The Morgan fingerprint density at radius 1 is 1.37 bits per heavy atom. The number of fused-ring (bicyclic) bond motifs is 1. The first-order chi connectivity index (χ1) is 8.98. The zero-order valence-corrected chi connectivity index (χ0v) is 11.8. The van der Waals surface area contributed by atoms with Gasteiger partial charge < -0.3 is 10.0 Å². The van der Waals surface area contributed by atoms with Crippen LogP contribution in [0, 0.1) is 0 Å². The Balaban J connectivity index is 2.47. The molecular formula is C14H21N3O2. The highest BCUT2D eigenvalue weighted by molar-refractivity contribution is 5.82. The molecule has 1 aromatic heterocycles. The van der Waals surface area contributed by atoms with Crippen molar-refractivity contribution in [3.8, 4) is 0 Å². The smallest absolute Gasteiger partial charge is 0.328 e. The molecule has 0 aromatic carbocycles. The molecule has 0 radical (unpaired) electrons. The molecule has 1 aliphatic carbocycles. The summed E-state index contributed by atoms with van der Waals surface area (Å²) < 4.78 is 0. The molecule has 104 valence electrons. The zero-order valence-electron chi connectivity index (χ0n) is 11.8. The number of hydrogen-bond acceptors (Lipinski definition) is 4. The van der Waals surface area contributed by atoms with Crippen molar-refractivity contribution in [2.75, 3.05) is 11.4 Å². The number of aromatic nitrogens is 2. The number of carbonyl (C=O) groups is 1. The molecule has 0 spiro atoms. The van der Waals surface area contributed by atoms with Crippen molar-refractivity contribution >= 4 is 11.8 Å². The number of rotatable bonds is 4. The van der Waals surface area contributed by atoms with E-state index in [2.05, 4.69) is 9.97 Å². The Morgan fingerprint density at radius 2 is 2.05 bits per heavy atom. The van der Waals surface area contributed by atoms with E-state index >= 15 is 0 Å². The van der Waals surface area contributed by atoms with Gasteiger partial charge in [-0.05, 0) is 46.5 Å². The minimum Gasteiger partial charge on any atom is -0.480 e. The summed E-state index contributed by atoms with van der Waals surface area (Å²) in [5.74, 6) is -0.0443.